The number of rotatable bonds is 4. The van der Waals surface area contributed by atoms with Crippen molar-refractivity contribution in [2.24, 2.45) is 0 Å². The molecule has 1 aliphatic rings. The molecule has 6 nitrogen and oxygen atoms in total. The third-order valence-corrected chi connectivity index (χ3v) is 5.49. The fraction of sp³-hybridized carbons (Fsp3) is 0.500. The maximum absolute atomic E-state index is 14.0. The molecule has 1 saturated heterocycles. The van der Waals surface area contributed by atoms with Crippen molar-refractivity contribution >= 4 is 27.3 Å². The number of nitrogens with two attached hydrogens (primary N) is 1. The van der Waals surface area contributed by atoms with Gasteiger partial charge >= 0.3 is 0 Å². The molecule has 0 spiro atoms. The lowest BCUT2D eigenvalue weighted by Gasteiger charge is -2.17. The molecule has 0 bridgehead atoms. The predicted octanol–water partition coefficient (Wildman–Crippen LogP) is 1.10. The van der Waals surface area contributed by atoms with E-state index >= 15 is 0 Å². The highest BCUT2D eigenvalue weighted by Crippen LogP contribution is 2.30. The topological polar surface area (TPSA) is 81.9 Å². The number of hydrogen-bond acceptors (Lipinski definition) is 5. The number of nitrogen functional groups attached to an aromatic ring is 1. The fourth-order valence-corrected chi connectivity index (χ4v) is 4.15. The van der Waals surface area contributed by atoms with E-state index in [-0.39, 0.29) is 23.8 Å². The zero-order chi connectivity index (χ0) is 15.8. The molecular formula is C12H16ClFN2O4S. The van der Waals surface area contributed by atoms with Crippen LogP contribution >= 0.6 is 11.6 Å². The predicted molar refractivity (Wildman–Crippen MR) is 76.2 cm³/mol. The van der Waals surface area contributed by atoms with Crippen molar-refractivity contribution in [1.29, 1.82) is 0 Å². The molecule has 0 radical (unpaired) electrons. The van der Waals surface area contributed by atoms with E-state index in [0.29, 0.717) is 0 Å². The minimum absolute atomic E-state index is 0.0539. The molecule has 118 valence electrons. The van der Waals surface area contributed by atoms with E-state index in [1.165, 1.54) is 14.2 Å². The van der Waals surface area contributed by atoms with Gasteiger partial charge < -0.3 is 15.2 Å². The Balaban J connectivity index is 2.40. The average Bonchev–Trinajstić information content (AvgIpc) is 2.86. The van der Waals surface area contributed by atoms with Crippen LogP contribution in [0.4, 0.5) is 10.1 Å². The van der Waals surface area contributed by atoms with Crippen LogP contribution < -0.4 is 5.73 Å². The van der Waals surface area contributed by atoms with Gasteiger partial charge in [-0.3, -0.25) is 0 Å². The maximum atomic E-state index is 14.0. The van der Waals surface area contributed by atoms with Gasteiger partial charge in [-0.2, -0.15) is 4.31 Å². The van der Waals surface area contributed by atoms with E-state index in [9.17, 15) is 12.8 Å². The van der Waals surface area contributed by atoms with E-state index in [1.54, 1.807) is 0 Å². The Bertz CT molecular complexity index is 628. The third kappa shape index (κ3) is 3.00. The summed E-state index contributed by atoms with van der Waals surface area (Å²) in [5, 5.41) is 0.0539. The molecule has 0 amide bonds. The number of anilines is 1. The number of ether oxygens (including phenoxy) is 2. The van der Waals surface area contributed by atoms with Gasteiger partial charge in [-0.15, -0.1) is 0 Å². The molecule has 0 saturated carbocycles. The van der Waals surface area contributed by atoms with E-state index in [4.69, 9.17) is 26.8 Å². The SMILES string of the molecule is COC1CN(S(=O)(=O)c2cc(Cl)cc(N)c2F)CC1OC. The molecule has 21 heavy (non-hydrogen) atoms. The quantitative estimate of drug-likeness (QED) is 0.831. The number of sulfonamides is 1. The van der Waals surface area contributed by atoms with Crippen LogP contribution in [0.25, 0.3) is 0 Å². The van der Waals surface area contributed by atoms with Crippen molar-refractivity contribution < 1.29 is 22.3 Å². The minimum atomic E-state index is -4.07. The second-order valence-electron chi connectivity index (χ2n) is 4.68. The Morgan fingerprint density at radius 3 is 2.29 bits per heavy atom. The molecule has 2 rings (SSSR count). The van der Waals surface area contributed by atoms with Crippen LogP contribution in [-0.2, 0) is 19.5 Å². The molecule has 1 aromatic rings. The monoisotopic (exact) mass is 338 g/mol. The van der Waals surface area contributed by atoms with Crippen LogP contribution in [0.15, 0.2) is 17.0 Å². The summed E-state index contributed by atoms with van der Waals surface area (Å²) in [5.41, 5.74) is 5.12. The van der Waals surface area contributed by atoms with Gasteiger partial charge in [0.1, 0.15) is 4.90 Å². The lowest BCUT2D eigenvalue weighted by Crippen LogP contribution is -2.31. The molecule has 2 atom stereocenters. The summed E-state index contributed by atoms with van der Waals surface area (Å²) in [6, 6.07) is 2.21. The molecule has 2 N–H and O–H groups in total. The molecule has 1 heterocycles. The van der Waals surface area contributed by atoms with Crippen LogP contribution in [0.5, 0.6) is 0 Å². The number of halogens is 2. The van der Waals surface area contributed by atoms with Gasteiger partial charge in [0.25, 0.3) is 0 Å². The first-order valence-electron chi connectivity index (χ1n) is 6.11. The summed E-state index contributed by atoms with van der Waals surface area (Å²) in [6.45, 7) is 0.145. The van der Waals surface area contributed by atoms with E-state index in [1.807, 2.05) is 0 Å². The Labute approximate surface area is 127 Å². The first-order chi connectivity index (χ1) is 9.81. The highest BCUT2D eigenvalue weighted by molar-refractivity contribution is 7.89. The molecule has 0 aliphatic carbocycles. The van der Waals surface area contributed by atoms with Crippen LogP contribution in [-0.4, -0.2) is 52.2 Å². The zero-order valence-electron chi connectivity index (χ0n) is 11.5. The van der Waals surface area contributed by atoms with Crippen LogP contribution in [0.1, 0.15) is 0 Å². The number of hydrogen-bond donors (Lipinski definition) is 1. The van der Waals surface area contributed by atoms with Crippen LogP contribution in [0.2, 0.25) is 5.02 Å². The Hall–Kier alpha value is -0.930. The standard InChI is InChI=1S/C12H16ClFN2O4S/c1-19-9-5-16(6-10(9)20-2)21(17,18)11-4-7(13)3-8(15)12(11)14/h3-4,9-10H,5-6,15H2,1-2H3. The molecule has 0 aromatic heterocycles. The molecule has 1 aliphatic heterocycles. The minimum Gasteiger partial charge on any atom is -0.396 e. The van der Waals surface area contributed by atoms with Gasteiger partial charge in [-0.1, -0.05) is 11.6 Å². The highest BCUT2D eigenvalue weighted by Gasteiger charge is 2.41. The van der Waals surface area contributed by atoms with E-state index in [0.717, 1.165) is 16.4 Å². The fourth-order valence-electron chi connectivity index (χ4n) is 2.27. The van der Waals surface area contributed by atoms with Gasteiger partial charge in [0.15, 0.2) is 5.82 Å². The van der Waals surface area contributed by atoms with Crippen molar-refractivity contribution in [3.05, 3.63) is 23.0 Å². The van der Waals surface area contributed by atoms with Crippen LogP contribution in [0.3, 0.4) is 0 Å². The van der Waals surface area contributed by atoms with Gasteiger partial charge in [0.05, 0.1) is 17.9 Å². The molecule has 2 unspecified atom stereocenters. The average molecular weight is 339 g/mol. The van der Waals surface area contributed by atoms with Gasteiger partial charge in [-0.25, -0.2) is 12.8 Å². The summed E-state index contributed by atoms with van der Waals surface area (Å²) in [6.07, 6.45) is -0.825. The largest absolute Gasteiger partial charge is 0.396 e. The smallest absolute Gasteiger partial charge is 0.246 e. The highest BCUT2D eigenvalue weighted by atomic mass is 35.5. The van der Waals surface area contributed by atoms with Gasteiger partial charge in [-0.05, 0) is 12.1 Å². The number of nitrogens with zero attached hydrogens (tertiary/aromatic N) is 1. The van der Waals surface area contributed by atoms with E-state index in [2.05, 4.69) is 0 Å². The maximum Gasteiger partial charge on any atom is 0.246 e. The Morgan fingerprint density at radius 2 is 1.81 bits per heavy atom. The van der Waals surface area contributed by atoms with Crippen molar-refractivity contribution in [3.8, 4) is 0 Å². The summed E-state index contributed by atoms with van der Waals surface area (Å²) in [4.78, 5) is -0.542. The van der Waals surface area contributed by atoms with Crippen molar-refractivity contribution in [3.63, 3.8) is 0 Å². The van der Waals surface area contributed by atoms with Crippen molar-refractivity contribution in [2.45, 2.75) is 17.1 Å². The Kier molecular flexibility index (Phi) is 4.74. The molecular weight excluding hydrogens is 323 g/mol. The zero-order valence-corrected chi connectivity index (χ0v) is 13.1. The van der Waals surface area contributed by atoms with Crippen LogP contribution in [0, 0.1) is 5.82 Å². The number of methoxy groups -OCH3 is 2. The lowest BCUT2D eigenvalue weighted by atomic mass is 10.3. The first kappa shape index (κ1) is 16.4. The van der Waals surface area contributed by atoms with Gasteiger partial charge in [0.2, 0.25) is 10.0 Å². The van der Waals surface area contributed by atoms with Gasteiger partial charge in [0, 0.05) is 32.3 Å². The first-order valence-corrected chi connectivity index (χ1v) is 7.93. The lowest BCUT2D eigenvalue weighted by molar-refractivity contribution is -0.00461. The summed E-state index contributed by atoms with van der Waals surface area (Å²) in [7, 11) is -1.14. The second-order valence-corrected chi connectivity index (χ2v) is 7.02. The molecule has 9 heteroatoms. The number of benzene rings is 1. The van der Waals surface area contributed by atoms with Crippen molar-refractivity contribution in [1.82, 2.24) is 4.31 Å². The molecule has 1 fully saturated rings. The second kappa shape index (κ2) is 6.05. The van der Waals surface area contributed by atoms with E-state index < -0.39 is 32.9 Å². The summed E-state index contributed by atoms with van der Waals surface area (Å²) < 4.78 is 50.6. The molecule has 1 aromatic carbocycles. The normalized spacial score (nSPS) is 23.6. The van der Waals surface area contributed by atoms with Crippen molar-refractivity contribution in [2.75, 3.05) is 33.0 Å². The summed E-state index contributed by atoms with van der Waals surface area (Å²) >= 11 is 5.77. The Morgan fingerprint density at radius 1 is 1.29 bits per heavy atom. The summed E-state index contributed by atoms with van der Waals surface area (Å²) in [5.74, 6) is -1.01. The third-order valence-electron chi connectivity index (χ3n) is 3.44.